The van der Waals surface area contributed by atoms with Crippen molar-refractivity contribution in [2.24, 2.45) is 0 Å². The number of aromatic carboxylic acids is 1. The second-order valence-corrected chi connectivity index (χ2v) is 6.31. The van der Waals surface area contributed by atoms with Gasteiger partial charge in [-0.25, -0.2) is 9.78 Å². The smallest absolute Gasteiger partial charge is 0.335 e. The Morgan fingerprint density at radius 2 is 2.10 bits per heavy atom. The van der Waals surface area contributed by atoms with Crippen molar-refractivity contribution in [3.05, 3.63) is 23.4 Å². The lowest BCUT2D eigenvalue weighted by molar-refractivity contribution is -0.122. The zero-order valence-electron chi connectivity index (χ0n) is 12.8. The van der Waals surface area contributed by atoms with Crippen molar-refractivity contribution in [2.75, 3.05) is 18.0 Å². The van der Waals surface area contributed by atoms with E-state index in [-0.39, 0.29) is 22.9 Å². The van der Waals surface area contributed by atoms with Crippen LogP contribution in [0.4, 0.5) is 5.82 Å². The number of hydrogen-bond donors (Lipinski definition) is 2. The van der Waals surface area contributed by atoms with Gasteiger partial charge in [0.1, 0.15) is 11.9 Å². The van der Waals surface area contributed by atoms with Gasteiger partial charge in [-0.1, -0.05) is 20.8 Å². The lowest BCUT2D eigenvalue weighted by Crippen LogP contribution is -2.54. The molecule has 0 aromatic carbocycles. The first-order chi connectivity index (χ1) is 9.70. The minimum atomic E-state index is -0.988. The first-order valence-corrected chi connectivity index (χ1v) is 7.00. The summed E-state index contributed by atoms with van der Waals surface area (Å²) in [7, 11) is 0. The highest BCUT2D eigenvalue weighted by atomic mass is 16.4. The van der Waals surface area contributed by atoms with Crippen LogP contribution in [0.3, 0.4) is 0 Å². The van der Waals surface area contributed by atoms with Crippen LogP contribution >= 0.6 is 0 Å². The molecule has 0 bridgehead atoms. The number of carboxylic acid groups (broad SMARTS) is 1. The van der Waals surface area contributed by atoms with E-state index in [4.69, 9.17) is 0 Å². The summed E-state index contributed by atoms with van der Waals surface area (Å²) in [6, 6.07) is 2.77. The number of aromatic nitrogens is 1. The quantitative estimate of drug-likeness (QED) is 0.860. The van der Waals surface area contributed by atoms with Gasteiger partial charge < -0.3 is 15.3 Å². The number of carbonyl (C=O) groups is 2. The van der Waals surface area contributed by atoms with Crippen LogP contribution < -0.4 is 10.2 Å². The van der Waals surface area contributed by atoms with Crippen molar-refractivity contribution >= 4 is 17.7 Å². The van der Waals surface area contributed by atoms with E-state index in [9.17, 15) is 14.7 Å². The molecular weight excluding hydrogens is 270 g/mol. The zero-order valence-corrected chi connectivity index (χ0v) is 12.8. The number of hydrogen-bond acceptors (Lipinski definition) is 4. The van der Waals surface area contributed by atoms with Crippen LogP contribution in [0.25, 0.3) is 0 Å². The summed E-state index contributed by atoms with van der Waals surface area (Å²) in [6.45, 7) is 8.89. The van der Waals surface area contributed by atoms with Crippen molar-refractivity contribution < 1.29 is 14.7 Å². The lowest BCUT2D eigenvalue weighted by atomic mass is 9.90. The van der Waals surface area contributed by atoms with Gasteiger partial charge in [0.2, 0.25) is 5.91 Å². The van der Waals surface area contributed by atoms with Gasteiger partial charge in [-0.2, -0.15) is 0 Å². The summed E-state index contributed by atoms with van der Waals surface area (Å²) in [5.41, 5.74) is 0.639. The molecule has 0 saturated carbocycles. The SMILES string of the molecule is CC1C(=O)NCCN1c1cc(C(=O)O)cc(C(C)(C)C)n1. The van der Waals surface area contributed by atoms with Crippen LogP contribution in [-0.2, 0) is 10.2 Å². The van der Waals surface area contributed by atoms with E-state index < -0.39 is 5.97 Å². The van der Waals surface area contributed by atoms with Crippen LogP contribution in [0.5, 0.6) is 0 Å². The van der Waals surface area contributed by atoms with E-state index in [2.05, 4.69) is 10.3 Å². The molecule has 2 N–H and O–H groups in total. The number of piperazine rings is 1. The number of anilines is 1. The molecule has 1 aromatic rings. The standard InChI is InChI=1S/C15H21N3O3/c1-9-13(19)16-5-6-18(9)12-8-10(14(20)21)7-11(17-12)15(2,3)4/h7-9H,5-6H2,1-4H3,(H,16,19)(H,20,21). The lowest BCUT2D eigenvalue weighted by Gasteiger charge is -2.34. The molecule has 1 aliphatic rings. The molecule has 6 heteroatoms. The first-order valence-electron chi connectivity index (χ1n) is 7.00. The number of nitrogens with one attached hydrogen (secondary N) is 1. The maximum absolute atomic E-state index is 11.8. The molecule has 1 aliphatic heterocycles. The molecule has 1 atom stereocenters. The maximum Gasteiger partial charge on any atom is 0.335 e. The Hall–Kier alpha value is -2.11. The van der Waals surface area contributed by atoms with E-state index in [1.807, 2.05) is 25.7 Å². The molecule has 6 nitrogen and oxygen atoms in total. The fourth-order valence-electron chi connectivity index (χ4n) is 2.27. The van der Waals surface area contributed by atoms with Crippen LogP contribution in [0.2, 0.25) is 0 Å². The van der Waals surface area contributed by atoms with Crippen molar-refractivity contribution in [3.8, 4) is 0 Å². The zero-order chi connectivity index (χ0) is 15.8. The predicted octanol–water partition coefficient (Wildman–Crippen LogP) is 1.40. The predicted molar refractivity (Wildman–Crippen MR) is 79.7 cm³/mol. The largest absolute Gasteiger partial charge is 0.478 e. The number of amides is 1. The van der Waals surface area contributed by atoms with E-state index in [0.717, 1.165) is 0 Å². The summed E-state index contributed by atoms with van der Waals surface area (Å²) in [6.07, 6.45) is 0. The molecule has 1 saturated heterocycles. The molecule has 2 rings (SSSR count). The van der Waals surface area contributed by atoms with E-state index in [1.54, 1.807) is 13.0 Å². The molecule has 21 heavy (non-hydrogen) atoms. The molecule has 1 amide bonds. The Balaban J connectivity index is 2.49. The fourth-order valence-corrected chi connectivity index (χ4v) is 2.27. The topological polar surface area (TPSA) is 82.5 Å². The third kappa shape index (κ3) is 3.15. The van der Waals surface area contributed by atoms with Gasteiger partial charge >= 0.3 is 5.97 Å². The molecule has 0 aliphatic carbocycles. The number of pyridine rings is 1. The fraction of sp³-hybridized carbons (Fsp3) is 0.533. The van der Waals surface area contributed by atoms with Crippen molar-refractivity contribution in [3.63, 3.8) is 0 Å². The van der Waals surface area contributed by atoms with Crippen LogP contribution in [0.1, 0.15) is 43.7 Å². The Morgan fingerprint density at radius 3 is 2.67 bits per heavy atom. The second kappa shape index (κ2) is 5.35. The Labute approximate surface area is 124 Å². The highest BCUT2D eigenvalue weighted by Crippen LogP contribution is 2.26. The number of rotatable bonds is 2. The van der Waals surface area contributed by atoms with Crippen LogP contribution in [0, 0.1) is 0 Å². The van der Waals surface area contributed by atoms with E-state index >= 15 is 0 Å². The highest BCUT2D eigenvalue weighted by Gasteiger charge is 2.28. The average molecular weight is 291 g/mol. The summed E-state index contributed by atoms with van der Waals surface area (Å²) < 4.78 is 0. The Kier molecular flexibility index (Phi) is 3.89. The summed E-state index contributed by atoms with van der Waals surface area (Å²) in [5, 5.41) is 12.1. The molecule has 1 unspecified atom stereocenters. The van der Waals surface area contributed by atoms with Gasteiger partial charge in [0.25, 0.3) is 0 Å². The van der Waals surface area contributed by atoms with E-state index in [0.29, 0.717) is 24.6 Å². The molecule has 2 heterocycles. The van der Waals surface area contributed by atoms with Crippen LogP contribution in [0.15, 0.2) is 12.1 Å². The number of carboxylic acids is 1. The van der Waals surface area contributed by atoms with Gasteiger partial charge in [0.15, 0.2) is 0 Å². The first kappa shape index (κ1) is 15.3. The van der Waals surface area contributed by atoms with Gasteiger partial charge in [-0.3, -0.25) is 4.79 Å². The third-order valence-corrected chi connectivity index (χ3v) is 3.62. The minimum absolute atomic E-state index is 0.0684. The monoisotopic (exact) mass is 291 g/mol. The Bertz CT molecular complexity index is 578. The van der Waals surface area contributed by atoms with E-state index in [1.165, 1.54) is 6.07 Å². The molecular formula is C15H21N3O3. The minimum Gasteiger partial charge on any atom is -0.478 e. The molecule has 1 aromatic heterocycles. The summed E-state index contributed by atoms with van der Waals surface area (Å²) in [5.74, 6) is -0.512. The molecule has 1 fully saturated rings. The summed E-state index contributed by atoms with van der Waals surface area (Å²) in [4.78, 5) is 29.5. The van der Waals surface area contributed by atoms with Crippen molar-refractivity contribution in [2.45, 2.75) is 39.2 Å². The Morgan fingerprint density at radius 1 is 1.43 bits per heavy atom. The van der Waals surface area contributed by atoms with Crippen molar-refractivity contribution in [1.82, 2.24) is 10.3 Å². The molecule has 0 radical (unpaired) electrons. The van der Waals surface area contributed by atoms with Gasteiger partial charge in [-0.15, -0.1) is 0 Å². The maximum atomic E-state index is 11.8. The van der Waals surface area contributed by atoms with Gasteiger partial charge in [0.05, 0.1) is 5.56 Å². The highest BCUT2D eigenvalue weighted by molar-refractivity contribution is 5.90. The van der Waals surface area contributed by atoms with Gasteiger partial charge in [-0.05, 0) is 19.1 Å². The van der Waals surface area contributed by atoms with Crippen LogP contribution in [-0.4, -0.2) is 41.1 Å². The molecule has 0 spiro atoms. The average Bonchev–Trinajstić information content (AvgIpc) is 2.40. The second-order valence-electron chi connectivity index (χ2n) is 6.31. The van der Waals surface area contributed by atoms with Gasteiger partial charge in [0, 0.05) is 24.2 Å². The third-order valence-electron chi connectivity index (χ3n) is 3.62. The normalized spacial score (nSPS) is 19.3. The summed E-state index contributed by atoms with van der Waals surface area (Å²) >= 11 is 0. The number of carbonyl (C=O) groups excluding carboxylic acids is 1. The van der Waals surface area contributed by atoms with Crippen molar-refractivity contribution in [1.29, 1.82) is 0 Å². The number of nitrogens with zero attached hydrogens (tertiary/aromatic N) is 2. The molecule has 114 valence electrons.